The molecule has 0 aliphatic rings. The quantitative estimate of drug-likeness (QED) is 0.769. The first-order valence-corrected chi connectivity index (χ1v) is 6.98. The molecule has 1 radical (unpaired) electrons. The molecule has 0 saturated heterocycles. The molecule has 0 bridgehead atoms. The lowest BCUT2D eigenvalue weighted by Gasteiger charge is -2.16. The molecule has 103 valence electrons. The van der Waals surface area contributed by atoms with Crippen LogP contribution in [0.5, 0.6) is 0 Å². The number of hydrogen-bond acceptors (Lipinski definition) is 4. The molecule has 0 amide bonds. The van der Waals surface area contributed by atoms with E-state index >= 15 is 0 Å². The van der Waals surface area contributed by atoms with Crippen LogP contribution in [0.1, 0.15) is 5.56 Å². The van der Waals surface area contributed by atoms with Crippen molar-refractivity contribution in [2.45, 2.75) is 6.54 Å². The molecule has 2 rings (SSSR count). The highest BCUT2D eigenvalue weighted by molar-refractivity contribution is 7.74. The van der Waals surface area contributed by atoms with Crippen LogP contribution in [0.2, 0.25) is 0 Å². The Morgan fingerprint density at radius 3 is 2.05 bits per heavy atom. The summed E-state index contributed by atoms with van der Waals surface area (Å²) < 4.78 is 23.9. The van der Waals surface area contributed by atoms with Crippen LogP contribution < -0.4 is 9.77 Å². The summed E-state index contributed by atoms with van der Waals surface area (Å²) in [6, 6.07) is 15.2. The zero-order valence-corrected chi connectivity index (χ0v) is 11.4. The number of anilines is 1. The topological polar surface area (TPSA) is 77.8 Å². The van der Waals surface area contributed by atoms with E-state index in [9.17, 15) is 8.42 Å². The summed E-state index contributed by atoms with van der Waals surface area (Å²) in [5.74, 6) is 0. The largest absolute Gasteiger partial charge is 0.488 e. The predicted octanol–water partition coefficient (Wildman–Crippen LogP) is 0.167. The Balaban J connectivity index is 2.25. The number of rotatable bonds is 5. The summed E-state index contributed by atoms with van der Waals surface area (Å²) in [6.07, 6.45) is 0. The van der Waals surface area contributed by atoms with Gasteiger partial charge in [-0.2, -0.15) is 8.42 Å². The fourth-order valence-electron chi connectivity index (χ4n) is 1.79. The molecule has 0 saturated carbocycles. The molecular formula is C13H13BNO4S. The molecule has 2 N–H and O–H groups in total. The maximum Gasteiger partial charge on any atom is 0.488 e. The molecule has 0 unspecified atom stereocenters. The summed E-state index contributed by atoms with van der Waals surface area (Å²) in [5, 5.41) is 18.0. The van der Waals surface area contributed by atoms with Crippen LogP contribution >= 0.6 is 0 Å². The maximum atomic E-state index is 11.4. The Labute approximate surface area is 119 Å². The second-order valence-corrected chi connectivity index (χ2v) is 5.08. The third-order valence-electron chi connectivity index (χ3n) is 2.83. The van der Waals surface area contributed by atoms with Crippen molar-refractivity contribution in [2.24, 2.45) is 0 Å². The van der Waals surface area contributed by atoms with E-state index in [2.05, 4.69) is 0 Å². The van der Waals surface area contributed by atoms with Gasteiger partial charge < -0.3 is 10.0 Å². The van der Waals surface area contributed by atoms with E-state index in [0.29, 0.717) is 11.2 Å². The van der Waals surface area contributed by atoms with E-state index in [-0.39, 0.29) is 6.54 Å². The van der Waals surface area contributed by atoms with Crippen LogP contribution in [-0.4, -0.2) is 25.6 Å². The molecule has 7 heteroatoms. The van der Waals surface area contributed by atoms with E-state index in [4.69, 9.17) is 10.0 Å². The molecular weight excluding hydrogens is 277 g/mol. The molecule has 0 aliphatic heterocycles. The van der Waals surface area contributed by atoms with Crippen molar-refractivity contribution in [1.82, 2.24) is 0 Å². The standard InChI is InChI=1S/C13H13BNO4S/c16-14(17)12-6-8-13(9-7-12)15(20(18)19)10-11-4-2-1-3-5-11/h1-9,16-17H,10H2. The van der Waals surface area contributed by atoms with Crippen LogP contribution in [0, 0.1) is 0 Å². The predicted molar refractivity (Wildman–Crippen MR) is 77.8 cm³/mol. The van der Waals surface area contributed by atoms with Crippen molar-refractivity contribution in [3.05, 3.63) is 60.2 Å². The van der Waals surface area contributed by atoms with Gasteiger partial charge in [-0.1, -0.05) is 42.5 Å². The summed E-state index contributed by atoms with van der Waals surface area (Å²) >= 11 is 0. The molecule has 2 aromatic carbocycles. The Kier molecular flexibility index (Phi) is 4.68. The van der Waals surface area contributed by atoms with Gasteiger partial charge in [0, 0.05) is 0 Å². The minimum Gasteiger partial charge on any atom is -0.423 e. The second kappa shape index (κ2) is 6.47. The van der Waals surface area contributed by atoms with Crippen LogP contribution in [0.4, 0.5) is 5.69 Å². The Bertz CT molecular complexity index is 621. The average Bonchev–Trinajstić information content (AvgIpc) is 2.45. The first-order chi connectivity index (χ1) is 9.58. The van der Waals surface area contributed by atoms with Crippen molar-refractivity contribution in [1.29, 1.82) is 0 Å². The summed E-state index contributed by atoms with van der Waals surface area (Å²) in [7, 11) is -3.98. The minimum absolute atomic E-state index is 0.220. The maximum absolute atomic E-state index is 11.4. The molecule has 0 aliphatic carbocycles. The summed E-state index contributed by atoms with van der Waals surface area (Å²) in [5.41, 5.74) is 1.64. The molecule has 20 heavy (non-hydrogen) atoms. The molecule has 0 fully saturated rings. The lowest BCUT2D eigenvalue weighted by molar-refractivity contribution is 0.426. The molecule has 2 aromatic rings. The lowest BCUT2D eigenvalue weighted by Crippen LogP contribution is -2.30. The Hall–Kier alpha value is -1.96. The van der Waals surface area contributed by atoms with E-state index in [1.54, 1.807) is 0 Å². The highest BCUT2D eigenvalue weighted by Gasteiger charge is 2.14. The second-order valence-electron chi connectivity index (χ2n) is 4.20. The summed E-state index contributed by atoms with van der Waals surface area (Å²) in [4.78, 5) is 0. The van der Waals surface area contributed by atoms with E-state index in [0.717, 1.165) is 5.56 Å². The van der Waals surface area contributed by atoms with Gasteiger partial charge in [-0.3, -0.25) is 0 Å². The van der Waals surface area contributed by atoms with E-state index in [1.807, 2.05) is 30.3 Å². The fourth-order valence-corrected chi connectivity index (χ4v) is 2.34. The molecule has 0 heterocycles. The third kappa shape index (κ3) is 3.54. The SMILES string of the molecule is O=[S](=O)N(Cc1ccccc1)c1ccc(B(O)O)cc1. The molecule has 0 aromatic heterocycles. The highest BCUT2D eigenvalue weighted by atomic mass is 32.2. The Morgan fingerprint density at radius 1 is 0.950 bits per heavy atom. The van der Waals surface area contributed by atoms with Crippen molar-refractivity contribution in [3.63, 3.8) is 0 Å². The van der Waals surface area contributed by atoms with Crippen molar-refractivity contribution >= 4 is 29.2 Å². The Morgan fingerprint density at radius 2 is 1.55 bits per heavy atom. The van der Waals surface area contributed by atoms with Gasteiger partial charge in [-0.25, -0.2) is 4.31 Å². The zero-order valence-electron chi connectivity index (χ0n) is 10.5. The number of benzene rings is 2. The summed E-state index contributed by atoms with van der Waals surface area (Å²) in [6.45, 7) is 0.220. The monoisotopic (exact) mass is 290 g/mol. The van der Waals surface area contributed by atoms with Crippen LogP contribution in [0.3, 0.4) is 0 Å². The first-order valence-electron chi connectivity index (χ1n) is 5.95. The first kappa shape index (κ1) is 14.5. The van der Waals surface area contributed by atoms with E-state index in [1.165, 1.54) is 28.6 Å². The van der Waals surface area contributed by atoms with Gasteiger partial charge in [0.15, 0.2) is 0 Å². The van der Waals surface area contributed by atoms with Crippen LogP contribution in [0.15, 0.2) is 54.6 Å². The lowest BCUT2D eigenvalue weighted by atomic mass is 9.80. The highest BCUT2D eigenvalue weighted by Crippen LogP contribution is 2.16. The van der Waals surface area contributed by atoms with Gasteiger partial charge in [-0.05, 0) is 23.2 Å². The van der Waals surface area contributed by atoms with Gasteiger partial charge in [0.2, 0.25) is 0 Å². The van der Waals surface area contributed by atoms with Gasteiger partial charge in [0.05, 0.1) is 12.2 Å². The molecule has 5 nitrogen and oxygen atoms in total. The van der Waals surface area contributed by atoms with Crippen molar-refractivity contribution in [3.8, 4) is 0 Å². The van der Waals surface area contributed by atoms with Gasteiger partial charge >= 0.3 is 7.12 Å². The van der Waals surface area contributed by atoms with Crippen LogP contribution in [0.25, 0.3) is 0 Å². The van der Waals surface area contributed by atoms with E-state index < -0.39 is 18.0 Å². The van der Waals surface area contributed by atoms with Crippen molar-refractivity contribution in [2.75, 3.05) is 4.31 Å². The van der Waals surface area contributed by atoms with Gasteiger partial charge in [-0.15, -0.1) is 0 Å². The molecule has 0 spiro atoms. The zero-order chi connectivity index (χ0) is 14.5. The van der Waals surface area contributed by atoms with Gasteiger partial charge in [0.1, 0.15) is 0 Å². The van der Waals surface area contributed by atoms with Gasteiger partial charge in [0.25, 0.3) is 10.9 Å². The normalized spacial score (nSPS) is 10.1. The van der Waals surface area contributed by atoms with Crippen LogP contribution in [-0.2, 0) is 17.4 Å². The smallest absolute Gasteiger partial charge is 0.423 e. The third-order valence-corrected chi connectivity index (χ3v) is 3.53. The van der Waals surface area contributed by atoms with Crippen molar-refractivity contribution < 1.29 is 18.5 Å². The molecule has 0 atom stereocenters. The fraction of sp³-hybridized carbons (Fsp3) is 0.0769. The number of nitrogens with zero attached hydrogens (tertiary/aromatic N) is 1. The minimum atomic E-state index is -2.41. The number of hydrogen-bond donors (Lipinski definition) is 2. The average molecular weight is 290 g/mol.